The lowest BCUT2D eigenvalue weighted by atomic mass is 9.93. The van der Waals surface area contributed by atoms with Crippen molar-refractivity contribution in [3.05, 3.63) is 11.8 Å². The number of hydrogen-bond donors (Lipinski definition) is 3. The summed E-state index contributed by atoms with van der Waals surface area (Å²) in [6, 6.07) is -0.803. The molecule has 0 aromatic rings. The molecule has 0 bridgehead atoms. The molecule has 4 amide bonds. The number of hydrazone groups is 1. The van der Waals surface area contributed by atoms with E-state index in [-0.39, 0.29) is 24.2 Å². The maximum Gasteiger partial charge on any atom is 0.365 e. The van der Waals surface area contributed by atoms with Gasteiger partial charge in [0.2, 0.25) is 11.6 Å². The molecule has 0 aliphatic carbocycles. The number of urea groups is 1. The van der Waals surface area contributed by atoms with Gasteiger partial charge in [0, 0.05) is 27.3 Å². The van der Waals surface area contributed by atoms with Crippen molar-refractivity contribution in [2.75, 3.05) is 21.1 Å². The first-order valence-corrected chi connectivity index (χ1v) is 5.64. The van der Waals surface area contributed by atoms with Crippen LogP contribution in [0.2, 0.25) is 0 Å². The van der Waals surface area contributed by atoms with E-state index in [2.05, 4.69) is 10.5 Å². The number of halogens is 1. The molecule has 20 heavy (non-hydrogen) atoms. The van der Waals surface area contributed by atoms with Gasteiger partial charge in [-0.05, 0) is 6.92 Å². The minimum absolute atomic E-state index is 0. The molecule has 112 valence electrons. The summed E-state index contributed by atoms with van der Waals surface area (Å²) >= 11 is 0. The second-order valence-electron chi connectivity index (χ2n) is 4.44. The number of nitrogens with one attached hydrogen (secondary N) is 2. The van der Waals surface area contributed by atoms with E-state index in [4.69, 9.17) is 5.73 Å². The first-order chi connectivity index (χ1) is 8.75. The van der Waals surface area contributed by atoms with E-state index < -0.39 is 11.9 Å². The molecule has 1 rings (SSSR count). The minimum atomic E-state index is -0.803. The maximum absolute atomic E-state index is 12.1. The SMILES string of the molecule is CC1C(=O)N(C)C=C(C(=O)N(C)C)C1=[NH+]NC(N)=O.[Cl-]. The maximum atomic E-state index is 12.1. The average Bonchev–Trinajstić information content (AvgIpc) is 2.33. The Bertz CT molecular complexity index is 486. The number of hydrazine groups is 1. The van der Waals surface area contributed by atoms with Crippen molar-refractivity contribution in [1.29, 1.82) is 0 Å². The highest BCUT2D eigenvalue weighted by Gasteiger charge is 2.38. The Morgan fingerprint density at radius 1 is 1.45 bits per heavy atom. The summed E-state index contributed by atoms with van der Waals surface area (Å²) in [6.45, 7) is 1.64. The molecular weight excluding hydrogens is 286 g/mol. The zero-order valence-electron chi connectivity index (χ0n) is 11.7. The van der Waals surface area contributed by atoms with Crippen molar-refractivity contribution >= 4 is 23.6 Å². The van der Waals surface area contributed by atoms with Crippen LogP contribution in [0.25, 0.3) is 0 Å². The van der Waals surface area contributed by atoms with Gasteiger partial charge < -0.3 is 27.9 Å². The van der Waals surface area contributed by atoms with Gasteiger partial charge in [-0.2, -0.15) is 0 Å². The number of nitrogens with zero attached hydrogens (tertiary/aromatic N) is 2. The first-order valence-electron chi connectivity index (χ1n) is 5.64. The normalized spacial score (nSPS) is 20.1. The molecule has 9 heteroatoms. The van der Waals surface area contributed by atoms with Crippen molar-refractivity contribution in [1.82, 2.24) is 15.2 Å². The van der Waals surface area contributed by atoms with Gasteiger partial charge in [-0.1, -0.05) is 0 Å². The molecule has 0 radical (unpaired) electrons. The fraction of sp³-hybridized carbons (Fsp3) is 0.455. The van der Waals surface area contributed by atoms with Crippen LogP contribution < -0.4 is 28.7 Å². The topological polar surface area (TPSA) is 110 Å². The highest BCUT2D eigenvalue weighted by molar-refractivity contribution is 6.26. The fourth-order valence-electron chi connectivity index (χ4n) is 1.70. The van der Waals surface area contributed by atoms with Crippen molar-refractivity contribution < 1.29 is 31.9 Å². The summed E-state index contributed by atoms with van der Waals surface area (Å²) < 4.78 is 0. The lowest BCUT2D eigenvalue weighted by Gasteiger charge is -2.25. The lowest BCUT2D eigenvalue weighted by Crippen LogP contribution is -3.00. The summed E-state index contributed by atoms with van der Waals surface area (Å²) in [7, 11) is 4.77. The predicted molar refractivity (Wildman–Crippen MR) is 67.4 cm³/mol. The van der Waals surface area contributed by atoms with Crippen LogP contribution in [0.1, 0.15) is 6.92 Å². The van der Waals surface area contributed by atoms with Crippen molar-refractivity contribution in [2.24, 2.45) is 11.7 Å². The fourth-order valence-corrected chi connectivity index (χ4v) is 1.70. The van der Waals surface area contributed by atoms with E-state index in [9.17, 15) is 14.4 Å². The Morgan fingerprint density at radius 3 is 2.45 bits per heavy atom. The largest absolute Gasteiger partial charge is 1.00 e. The number of carbonyl (C=O) groups is 3. The van der Waals surface area contributed by atoms with Crippen LogP contribution in [0.15, 0.2) is 11.8 Å². The van der Waals surface area contributed by atoms with E-state index in [1.54, 1.807) is 28.1 Å². The molecule has 0 aromatic carbocycles. The third-order valence-corrected chi connectivity index (χ3v) is 2.72. The first kappa shape index (κ1) is 17.9. The second-order valence-corrected chi connectivity index (χ2v) is 4.44. The number of hydrogen-bond acceptors (Lipinski definition) is 3. The van der Waals surface area contributed by atoms with Gasteiger partial charge in [0.1, 0.15) is 11.5 Å². The van der Waals surface area contributed by atoms with Gasteiger partial charge in [0.05, 0.1) is 0 Å². The van der Waals surface area contributed by atoms with Crippen molar-refractivity contribution in [3.8, 4) is 0 Å². The Morgan fingerprint density at radius 2 is 2.00 bits per heavy atom. The molecular formula is C11H18ClN5O3. The van der Waals surface area contributed by atoms with Gasteiger partial charge in [-0.15, -0.1) is 10.5 Å². The molecule has 0 saturated carbocycles. The Hall–Kier alpha value is -2.09. The van der Waals surface area contributed by atoms with Crippen molar-refractivity contribution in [2.45, 2.75) is 6.92 Å². The third-order valence-electron chi connectivity index (χ3n) is 2.72. The quantitative estimate of drug-likeness (QED) is 0.442. The van der Waals surface area contributed by atoms with E-state index in [0.717, 1.165) is 0 Å². The minimum Gasteiger partial charge on any atom is -1.00 e. The van der Waals surface area contributed by atoms with Gasteiger partial charge >= 0.3 is 6.03 Å². The van der Waals surface area contributed by atoms with Gasteiger partial charge in [0.25, 0.3) is 5.91 Å². The molecule has 1 aliphatic rings. The Kier molecular flexibility index (Phi) is 6.18. The monoisotopic (exact) mass is 303 g/mol. The molecule has 1 aliphatic heterocycles. The lowest BCUT2D eigenvalue weighted by molar-refractivity contribution is -0.509. The summed E-state index contributed by atoms with van der Waals surface area (Å²) in [6.07, 6.45) is 1.43. The third kappa shape index (κ3) is 3.70. The molecule has 0 saturated heterocycles. The number of nitrogens with two attached hydrogens (primary N) is 1. The molecule has 1 atom stereocenters. The summed E-state index contributed by atoms with van der Waals surface area (Å²) in [5.41, 5.74) is 7.76. The van der Waals surface area contributed by atoms with Crippen molar-refractivity contribution in [3.63, 3.8) is 0 Å². The highest BCUT2D eigenvalue weighted by atomic mass is 35.5. The standard InChI is InChI=1S/C11H17N5O3.ClH/c1-6-8(13-14-11(12)19)7(10(18)15(2)3)5-16(4)9(6)17;/h5-6H,1-4H3,(H3,12,14,19);1H. The van der Waals surface area contributed by atoms with Crippen LogP contribution in [0.4, 0.5) is 4.79 Å². The average molecular weight is 304 g/mol. The molecule has 0 aromatic heterocycles. The van der Waals surface area contributed by atoms with Gasteiger partial charge in [-0.25, -0.2) is 4.79 Å². The van der Waals surface area contributed by atoms with Gasteiger partial charge in [-0.3, -0.25) is 9.59 Å². The zero-order chi connectivity index (χ0) is 14.7. The van der Waals surface area contributed by atoms with Crippen LogP contribution in [0.5, 0.6) is 0 Å². The van der Waals surface area contributed by atoms with Crippen LogP contribution in [0.3, 0.4) is 0 Å². The van der Waals surface area contributed by atoms with Crippen LogP contribution in [-0.2, 0) is 9.59 Å². The number of carbonyl (C=O) groups excluding carboxylic acids is 3. The number of likely N-dealkylation sites (N-methyl/N-ethyl adjacent to an activating group) is 1. The zero-order valence-corrected chi connectivity index (χ0v) is 12.5. The van der Waals surface area contributed by atoms with E-state index in [1.807, 2.05) is 0 Å². The highest BCUT2D eigenvalue weighted by Crippen LogP contribution is 2.16. The summed E-state index contributed by atoms with van der Waals surface area (Å²) in [4.78, 5) is 37.4. The van der Waals surface area contributed by atoms with Crippen LogP contribution in [-0.4, -0.2) is 54.5 Å². The smallest absolute Gasteiger partial charge is 0.365 e. The number of rotatable bonds is 2. The van der Waals surface area contributed by atoms with Gasteiger partial charge in [0.15, 0.2) is 0 Å². The Balaban J connectivity index is 0.00000361. The van der Waals surface area contributed by atoms with E-state index in [0.29, 0.717) is 11.3 Å². The summed E-state index contributed by atoms with van der Waals surface area (Å²) in [5, 5.41) is 2.54. The molecule has 8 nitrogen and oxygen atoms in total. The Labute approximate surface area is 123 Å². The molecule has 1 heterocycles. The second kappa shape index (κ2) is 6.90. The van der Waals surface area contributed by atoms with E-state index >= 15 is 0 Å². The number of amides is 4. The molecule has 0 spiro atoms. The molecule has 0 fully saturated rings. The molecule has 1 unspecified atom stereocenters. The summed E-state index contributed by atoms with van der Waals surface area (Å²) in [5.74, 6) is -1.05. The van der Waals surface area contributed by atoms with E-state index in [1.165, 1.54) is 16.0 Å². The van der Waals surface area contributed by atoms with Crippen LogP contribution >= 0.6 is 0 Å². The predicted octanol–water partition coefficient (Wildman–Crippen LogP) is -5.82. The molecule has 4 N–H and O–H groups in total. The number of primary amides is 1. The van der Waals surface area contributed by atoms with Crippen LogP contribution in [0, 0.1) is 5.92 Å².